The molecule has 9 N–H and O–H groups in total. The van der Waals surface area contributed by atoms with E-state index in [1.807, 2.05) is 6.92 Å². The van der Waals surface area contributed by atoms with E-state index in [1.54, 1.807) is 19.9 Å². The van der Waals surface area contributed by atoms with Crippen molar-refractivity contribution in [2.75, 3.05) is 77.1 Å². The number of carbonyl (C=O) groups excluding carboxylic acids is 3. The number of halogens is 2. The number of phenols is 4. The molecule has 4 rings (SSSR count). The normalized spacial score (nSPS) is 17.0. The van der Waals surface area contributed by atoms with E-state index in [0.29, 0.717) is 38.8 Å². The van der Waals surface area contributed by atoms with E-state index in [9.17, 15) is 24.6 Å². The van der Waals surface area contributed by atoms with E-state index < -0.39 is 5.41 Å². The molecule has 2 heterocycles. The second kappa shape index (κ2) is 47.1. The summed E-state index contributed by atoms with van der Waals surface area (Å²) in [6.45, 7) is 11.2. The third kappa shape index (κ3) is 43.0. The van der Waals surface area contributed by atoms with Gasteiger partial charge >= 0.3 is 11.9 Å². The van der Waals surface area contributed by atoms with Crippen molar-refractivity contribution in [3.63, 3.8) is 0 Å². The Bertz CT molecular complexity index is 1350. The second-order valence-electron chi connectivity index (χ2n) is 14.8. The number of unbranched alkanes of at least 4 members (excludes halogenated alkanes) is 2. The van der Waals surface area contributed by atoms with Crippen molar-refractivity contribution in [1.29, 1.82) is 0 Å². The van der Waals surface area contributed by atoms with Crippen molar-refractivity contribution in [3.8, 4) is 23.0 Å². The number of thiol groups is 3. The largest absolute Gasteiger partial charge is 0.508 e. The van der Waals surface area contributed by atoms with Crippen LogP contribution in [0.3, 0.4) is 0 Å². The number of esters is 2. The van der Waals surface area contributed by atoms with Crippen LogP contribution in [0.4, 0.5) is 0 Å². The molecular weight excluding hydrogens is 962 g/mol. The number of methoxy groups -OCH3 is 2. The van der Waals surface area contributed by atoms with Crippen LogP contribution in [0.5, 0.6) is 23.0 Å². The second-order valence-corrected chi connectivity index (χ2v) is 17.2. The summed E-state index contributed by atoms with van der Waals surface area (Å²) < 4.78 is 9.05. The predicted molar refractivity (Wildman–Crippen MR) is 279 cm³/mol. The molecule has 0 saturated carbocycles. The lowest BCUT2D eigenvalue weighted by molar-refractivity contribution is -0.145. The fourth-order valence-corrected chi connectivity index (χ4v) is 6.41. The van der Waals surface area contributed by atoms with E-state index in [-0.39, 0.29) is 95.8 Å². The Balaban J connectivity index is -0.000000216. The Hall–Kier alpha value is -2.01. The predicted octanol–water partition coefficient (Wildman–Crippen LogP) is 6.14. The molecule has 2 aliphatic rings. The number of benzene rings is 2. The Morgan fingerprint density at radius 1 is 0.723 bits per heavy atom. The maximum Gasteiger partial charge on any atom is 0.322 e. The Morgan fingerprint density at radius 2 is 1.14 bits per heavy atom. The number of aromatic hydroxyl groups is 4. The van der Waals surface area contributed by atoms with E-state index in [0.717, 1.165) is 42.5 Å². The molecule has 2 aromatic rings. The highest BCUT2D eigenvalue weighted by Crippen LogP contribution is 2.23. The van der Waals surface area contributed by atoms with Gasteiger partial charge in [0.05, 0.1) is 38.4 Å². The van der Waals surface area contributed by atoms with Crippen molar-refractivity contribution in [3.05, 3.63) is 48.5 Å². The molecule has 21 heteroatoms. The number of hydrogen-bond donors (Lipinski definition) is 12. The van der Waals surface area contributed by atoms with E-state index in [4.69, 9.17) is 25.5 Å². The Morgan fingerprint density at radius 3 is 1.40 bits per heavy atom. The zero-order valence-electron chi connectivity index (χ0n) is 39.1. The first-order valence-electron chi connectivity index (χ1n) is 21.1. The number of hydrogen-bond acceptors (Lipinski definition) is 19. The van der Waals surface area contributed by atoms with Crippen LogP contribution >= 0.6 is 74.5 Å². The molecule has 2 aromatic carbocycles. The first-order chi connectivity index (χ1) is 29.8. The number of nitrogens with one attached hydrogen (secondary N) is 2. The van der Waals surface area contributed by atoms with Gasteiger partial charge < -0.3 is 60.8 Å². The highest BCUT2D eigenvalue weighted by atomic mass is 35.5. The Labute approximate surface area is 421 Å². The summed E-state index contributed by atoms with van der Waals surface area (Å²) in [4.78, 5) is 35.3. The summed E-state index contributed by atoms with van der Waals surface area (Å²) in [6.07, 6.45) is 6.56. The van der Waals surface area contributed by atoms with Crippen LogP contribution in [-0.4, -0.2) is 159 Å². The fraction of sp³-hybridized carbons (Fsp3) is 0.659. The zero-order valence-corrected chi connectivity index (χ0v) is 44.3. The molecule has 0 unspecified atom stereocenters. The minimum atomic E-state index is -0.570. The van der Waals surface area contributed by atoms with Crippen LogP contribution in [0.15, 0.2) is 48.5 Å². The van der Waals surface area contributed by atoms with Crippen molar-refractivity contribution in [2.24, 2.45) is 5.41 Å². The minimum Gasteiger partial charge on any atom is -0.508 e. The number of ether oxygens (including phenoxy) is 2. The first-order valence-corrected chi connectivity index (χ1v) is 23.9. The van der Waals surface area contributed by atoms with E-state index in [1.165, 1.54) is 87.7 Å². The average Bonchev–Trinajstić information content (AvgIpc) is 3.26. The van der Waals surface area contributed by atoms with Gasteiger partial charge in [0.1, 0.15) is 35.1 Å². The monoisotopic (exact) mass is 1040 g/mol. The lowest BCUT2D eigenvalue weighted by atomic mass is 9.97. The van der Waals surface area contributed by atoms with Gasteiger partial charge in [-0.1, -0.05) is 44.5 Å². The molecule has 0 aliphatic carbocycles. The molecule has 0 radical (unpaired) electrons. The standard InChI is InChI=1S/C8H16O2S.2C7H13NO3.2C6H6O2.C5H13NS2.C5H12S.2ClH/c1-4-5-11-7(10)8(2,3)6-9;2*1-11-7(10)6-4-5(9)2-3-8-6;7-5-1-2-6(8)4-3-5;7-5-2-1-3-6(8)4-5;1-6(2-4-7)3-5-8;1-2-3-4-5-6;;/h9H,4-6H2,1-3H3;2*5-6,8-9H,2-4H2,1H3;2*1-4,7-8H;7-8H,2-5H2,1H3;6H,2-5H2,1H3;2*1H/t;2*5-,6+;;;;;;/m.10....../s1. The third-order valence-corrected chi connectivity index (χ3v) is 10.7. The summed E-state index contributed by atoms with van der Waals surface area (Å²) in [5, 5.41) is 67.8. The van der Waals surface area contributed by atoms with Crippen LogP contribution < -0.4 is 10.6 Å². The number of piperidine rings is 2. The molecular formula is C44H81Cl2N3O12S4. The highest BCUT2D eigenvalue weighted by Gasteiger charge is 2.27. The number of aliphatic hydroxyl groups excluding tert-OH is 3. The first kappa shape index (κ1) is 72.0. The zero-order chi connectivity index (χ0) is 48.6. The molecule has 4 atom stereocenters. The van der Waals surface area contributed by atoms with Gasteiger partial charge in [0.25, 0.3) is 0 Å². The molecule has 2 saturated heterocycles. The number of phenolic OH excluding ortho intramolecular Hbond substituents is 4. The molecule has 0 bridgehead atoms. The van der Waals surface area contributed by atoms with Crippen molar-refractivity contribution in [1.82, 2.24) is 15.5 Å². The maximum absolute atomic E-state index is 11.3. The van der Waals surface area contributed by atoms with Crippen molar-refractivity contribution in [2.45, 2.75) is 103 Å². The molecule has 2 fully saturated rings. The lowest BCUT2D eigenvalue weighted by Gasteiger charge is -2.24. The molecule has 382 valence electrons. The third-order valence-electron chi connectivity index (χ3n) is 8.51. The van der Waals surface area contributed by atoms with Gasteiger partial charge in [-0.3, -0.25) is 14.4 Å². The summed E-state index contributed by atoms with van der Waals surface area (Å²) in [5.74, 6) is 3.71. The van der Waals surface area contributed by atoms with Gasteiger partial charge in [-0.25, -0.2) is 0 Å². The molecule has 0 spiro atoms. The summed E-state index contributed by atoms with van der Waals surface area (Å²) in [5.41, 5.74) is -0.570. The number of thioether (sulfide) groups is 1. The van der Waals surface area contributed by atoms with E-state index >= 15 is 0 Å². The topological polar surface area (TPSA) is 239 Å². The molecule has 65 heavy (non-hydrogen) atoms. The quantitative estimate of drug-likeness (QED) is 0.0467. The smallest absolute Gasteiger partial charge is 0.322 e. The fourth-order valence-electron chi connectivity index (χ4n) is 4.65. The van der Waals surface area contributed by atoms with Crippen LogP contribution in [-0.2, 0) is 23.9 Å². The van der Waals surface area contributed by atoms with Crippen LogP contribution in [0, 0.1) is 5.41 Å². The number of nitrogens with zero attached hydrogens (tertiary/aromatic N) is 1. The number of carbonyl (C=O) groups is 3. The van der Waals surface area contributed by atoms with Gasteiger partial charge in [0.15, 0.2) is 5.12 Å². The van der Waals surface area contributed by atoms with Gasteiger partial charge in [-0.15, -0.1) is 24.8 Å². The average molecular weight is 1040 g/mol. The lowest BCUT2D eigenvalue weighted by Crippen LogP contribution is -2.45. The minimum absolute atomic E-state index is 0. The SMILES string of the molecule is CCCCCS.CCCSC(=O)C(C)(C)CO.CN(CCS)CCS.COC(=O)[C@@H]1C[C@H](O)CCN1.COC(=O)[C@H]1C[C@@H](O)CCN1.Cl.Cl.Oc1ccc(O)cc1.Oc1cccc(O)c1. The highest BCUT2D eigenvalue weighted by molar-refractivity contribution is 8.13. The van der Waals surface area contributed by atoms with Gasteiger partial charge in [-0.05, 0) is 115 Å². The molecule has 0 amide bonds. The van der Waals surface area contributed by atoms with Crippen LogP contribution in [0.25, 0.3) is 0 Å². The van der Waals surface area contributed by atoms with Gasteiger partial charge in [0.2, 0.25) is 0 Å². The van der Waals surface area contributed by atoms with Gasteiger partial charge in [-0.2, -0.15) is 37.9 Å². The molecule has 15 nitrogen and oxygen atoms in total. The number of aliphatic hydroxyl groups is 3. The summed E-state index contributed by atoms with van der Waals surface area (Å²) in [6, 6.07) is 10.9. The van der Waals surface area contributed by atoms with Crippen molar-refractivity contribution < 1.29 is 59.6 Å². The summed E-state index contributed by atoms with van der Waals surface area (Å²) >= 11 is 13.5. The molecule has 0 aromatic heterocycles. The van der Waals surface area contributed by atoms with Gasteiger partial charge in [0, 0.05) is 36.4 Å². The summed E-state index contributed by atoms with van der Waals surface area (Å²) in [7, 11) is 4.78. The van der Waals surface area contributed by atoms with Crippen LogP contribution in [0.2, 0.25) is 0 Å². The maximum atomic E-state index is 11.3. The van der Waals surface area contributed by atoms with Crippen LogP contribution in [0.1, 0.15) is 79.1 Å². The van der Waals surface area contributed by atoms with E-state index in [2.05, 4.69) is 76.9 Å². The molecule has 2 aliphatic heterocycles. The number of rotatable bonds is 13. The Kier molecular flexibility index (Phi) is 52.1. The van der Waals surface area contributed by atoms with Crippen molar-refractivity contribution >= 4 is 91.5 Å².